The minimum absolute atomic E-state index is 0.167. The van der Waals surface area contributed by atoms with Crippen molar-refractivity contribution in [3.63, 3.8) is 0 Å². The highest BCUT2D eigenvalue weighted by Crippen LogP contribution is 2.39. The molecule has 2 N–H and O–H groups in total. The van der Waals surface area contributed by atoms with Gasteiger partial charge in [-0.25, -0.2) is 4.39 Å². The fourth-order valence-corrected chi connectivity index (χ4v) is 3.90. The zero-order valence-electron chi connectivity index (χ0n) is 18.3. The van der Waals surface area contributed by atoms with Crippen LogP contribution in [0.1, 0.15) is 24.1 Å². The van der Waals surface area contributed by atoms with Crippen molar-refractivity contribution in [1.82, 2.24) is 10.6 Å². The number of carbonyl (C=O) groups is 3. The molecule has 33 heavy (non-hydrogen) atoms. The van der Waals surface area contributed by atoms with Gasteiger partial charge in [-0.1, -0.05) is 54.6 Å². The van der Waals surface area contributed by atoms with E-state index >= 15 is 0 Å². The molecule has 3 amide bonds. The molecule has 0 aromatic heterocycles. The van der Waals surface area contributed by atoms with Crippen molar-refractivity contribution in [2.24, 2.45) is 5.92 Å². The van der Waals surface area contributed by atoms with E-state index in [0.29, 0.717) is 11.1 Å². The highest BCUT2D eigenvalue weighted by Gasteiger charge is 2.34. The summed E-state index contributed by atoms with van der Waals surface area (Å²) in [5, 5.41) is 5.46. The lowest BCUT2D eigenvalue weighted by Crippen LogP contribution is -2.45. The molecule has 0 saturated carbocycles. The molecule has 2 atom stereocenters. The van der Waals surface area contributed by atoms with Crippen LogP contribution in [-0.4, -0.2) is 24.8 Å². The molecule has 3 aromatic carbocycles. The lowest BCUT2D eigenvalue weighted by Gasteiger charge is -2.24. The van der Waals surface area contributed by atoms with Gasteiger partial charge in [-0.05, 0) is 41.8 Å². The molecule has 0 radical (unpaired) electrons. The van der Waals surface area contributed by atoms with E-state index in [1.807, 2.05) is 48.5 Å². The zero-order chi connectivity index (χ0) is 23.5. The number of hydrogen-bond acceptors (Lipinski definition) is 3. The van der Waals surface area contributed by atoms with E-state index in [-0.39, 0.29) is 18.3 Å². The van der Waals surface area contributed by atoms with Gasteiger partial charge in [-0.3, -0.25) is 14.4 Å². The van der Waals surface area contributed by atoms with Crippen LogP contribution in [0.15, 0.2) is 72.8 Å². The molecule has 3 aromatic rings. The molecule has 168 valence electrons. The first-order valence-corrected chi connectivity index (χ1v) is 10.6. The molecule has 0 spiro atoms. The Balaban J connectivity index is 1.52. The molecule has 0 saturated heterocycles. The van der Waals surface area contributed by atoms with Gasteiger partial charge in [0.1, 0.15) is 17.8 Å². The molecule has 1 aliphatic rings. The van der Waals surface area contributed by atoms with Crippen molar-refractivity contribution in [3.05, 3.63) is 89.7 Å². The molecular weight excluding hydrogens is 421 g/mol. The summed E-state index contributed by atoms with van der Waals surface area (Å²) in [6.45, 7) is 1.65. The summed E-state index contributed by atoms with van der Waals surface area (Å²) in [5.41, 5.74) is 3.88. The summed E-state index contributed by atoms with van der Waals surface area (Å²) >= 11 is 0. The van der Waals surface area contributed by atoms with Crippen LogP contribution in [0, 0.1) is 11.7 Å². The summed E-state index contributed by atoms with van der Waals surface area (Å²) < 4.78 is 13.1. The molecule has 6 nitrogen and oxygen atoms in total. The summed E-state index contributed by atoms with van der Waals surface area (Å²) in [7, 11) is 1.67. The van der Waals surface area contributed by atoms with E-state index in [4.69, 9.17) is 0 Å². The van der Waals surface area contributed by atoms with Crippen LogP contribution < -0.4 is 15.5 Å². The Morgan fingerprint density at radius 3 is 2.30 bits per heavy atom. The summed E-state index contributed by atoms with van der Waals surface area (Å²) in [6, 6.07) is 19.8. The van der Waals surface area contributed by atoms with E-state index in [2.05, 4.69) is 10.6 Å². The molecule has 1 aliphatic heterocycles. The average Bonchev–Trinajstić information content (AvgIpc) is 2.93. The molecule has 0 unspecified atom stereocenters. The first-order chi connectivity index (χ1) is 15.9. The molecule has 0 fully saturated rings. The van der Waals surface area contributed by atoms with Crippen LogP contribution in [0.5, 0.6) is 0 Å². The zero-order valence-corrected chi connectivity index (χ0v) is 18.3. The topological polar surface area (TPSA) is 78.5 Å². The first kappa shape index (κ1) is 22.2. The van der Waals surface area contributed by atoms with Gasteiger partial charge in [0.15, 0.2) is 0 Å². The lowest BCUT2D eigenvalue weighted by molar-refractivity contribution is -0.136. The number of anilines is 1. The predicted octanol–water partition coefficient (Wildman–Crippen LogP) is 3.58. The van der Waals surface area contributed by atoms with Crippen LogP contribution in [-0.2, 0) is 20.9 Å². The Bertz CT molecular complexity index is 1210. The van der Waals surface area contributed by atoms with E-state index in [1.54, 1.807) is 19.2 Å². The van der Waals surface area contributed by atoms with Gasteiger partial charge in [0, 0.05) is 19.2 Å². The van der Waals surface area contributed by atoms with E-state index in [9.17, 15) is 18.8 Å². The second-order valence-electron chi connectivity index (χ2n) is 8.01. The average molecular weight is 445 g/mol. The van der Waals surface area contributed by atoms with Gasteiger partial charge in [-0.2, -0.15) is 0 Å². The smallest absolute Gasteiger partial charge is 0.253 e. The highest BCUT2D eigenvalue weighted by atomic mass is 19.1. The first-order valence-electron chi connectivity index (χ1n) is 10.6. The third-order valence-corrected chi connectivity index (χ3v) is 5.86. The fourth-order valence-electron chi connectivity index (χ4n) is 3.90. The van der Waals surface area contributed by atoms with E-state index in [0.717, 1.165) is 16.8 Å². The summed E-state index contributed by atoms with van der Waals surface area (Å²) in [5.74, 6) is -2.72. The lowest BCUT2D eigenvalue weighted by atomic mass is 9.95. The third-order valence-electron chi connectivity index (χ3n) is 5.86. The third kappa shape index (κ3) is 4.48. The minimum atomic E-state index is -1.03. The van der Waals surface area contributed by atoms with Crippen LogP contribution in [0.4, 0.5) is 10.1 Å². The van der Waals surface area contributed by atoms with Gasteiger partial charge >= 0.3 is 0 Å². The largest absolute Gasteiger partial charge is 0.351 e. The predicted molar refractivity (Wildman–Crippen MR) is 124 cm³/mol. The Morgan fingerprint density at radius 1 is 0.939 bits per heavy atom. The Hall–Kier alpha value is -4.00. The molecular formula is C26H24FN3O3. The normalized spacial score (nSPS) is 15.7. The maximum absolute atomic E-state index is 13.3. The van der Waals surface area contributed by atoms with Crippen molar-refractivity contribution in [3.8, 4) is 11.1 Å². The minimum Gasteiger partial charge on any atom is -0.351 e. The molecule has 1 heterocycles. The van der Waals surface area contributed by atoms with Crippen molar-refractivity contribution in [2.45, 2.75) is 19.5 Å². The Morgan fingerprint density at radius 2 is 1.58 bits per heavy atom. The number of rotatable bonds is 5. The van der Waals surface area contributed by atoms with Crippen molar-refractivity contribution in [2.75, 3.05) is 11.9 Å². The number of benzene rings is 3. The fraction of sp³-hybridized carbons (Fsp3) is 0.192. The number of para-hydroxylation sites is 1. The van der Waals surface area contributed by atoms with Crippen molar-refractivity contribution in [1.29, 1.82) is 0 Å². The number of hydrogen-bond donors (Lipinski definition) is 2. The second kappa shape index (κ2) is 9.24. The number of fused-ring (bicyclic) bond motifs is 3. The monoisotopic (exact) mass is 445 g/mol. The maximum Gasteiger partial charge on any atom is 0.253 e. The van der Waals surface area contributed by atoms with Crippen LogP contribution in [0.2, 0.25) is 0 Å². The number of nitrogens with one attached hydrogen (secondary N) is 2. The summed E-state index contributed by atoms with van der Waals surface area (Å²) in [6.07, 6.45) is 0. The number of likely N-dealkylation sites (N-methyl/N-ethyl adjacent to an activating group) is 1. The molecule has 4 rings (SSSR count). The second-order valence-corrected chi connectivity index (χ2v) is 8.01. The maximum atomic E-state index is 13.3. The molecule has 0 bridgehead atoms. The van der Waals surface area contributed by atoms with Crippen molar-refractivity contribution >= 4 is 23.4 Å². The Kier molecular flexibility index (Phi) is 6.22. The van der Waals surface area contributed by atoms with Gasteiger partial charge in [0.05, 0.1) is 5.69 Å². The number of halogens is 1. The summed E-state index contributed by atoms with van der Waals surface area (Å²) in [4.78, 5) is 40.4. The number of carbonyl (C=O) groups excluding carboxylic acids is 3. The van der Waals surface area contributed by atoms with E-state index < -0.39 is 23.8 Å². The quantitative estimate of drug-likeness (QED) is 0.590. The van der Waals surface area contributed by atoms with Crippen LogP contribution >= 0.6 is 0 Å². The van der Waals surface area contributed by atoms with Gasteiger partial charge in [-0.15, -0.1) is 0 Å². The molecule has 0 aliphatic carbocycles. The Labute approximate surface area is 191 Å². The SMILES string of the molecule is C[C@H](C(=O)NCc1ccc(F)cc1)C(=O)N[C@@H]1C(=O)N(C)c2ccccc2-c2ccccc21. The number of nitrogens with zero attached hydrogens (tertiary/aromatic N) is 1. The van der Waals surface area contributed by atoms with Gasteiger partial charge in [0.25, 0.3) is 5.91 Å². The standard InChI is InChI=1S/C26H24FN3O3/c1-16(24(31)28-15-17-11-13-18(27)14-12-17)25(32)29-23-21-9-4-3-7-19(21)20-8-5-6-10-22(20)30(2)26(23)33/h3-14,16,23H,15H2,1-2H3,(H,28,31)(H,29,32)/t16-,23+/m1/s1. The van der Waals surface area contributed by atoms with Gasteiger partial charge in [0.2, 0.25) is 11.8 Å². The van der Waals surface area contributed by atoms with Gasteiger partial charge < -0.3 is 15.5 Å². The van der Waals surface area contributed by atoms with E-state index in [1.165, 1.54) is 24.0 Å². The highest BCUT2D eigenvalue weighted by molar-refractivity contribution is 6.07. The molecule has 7 heteroatoms. The van der Waals surface area contributed by atoms with Crippen LogP contribution in [0.25, 0.3) is 11.1 Å². The number of amides is 3. The van der Waals surface area contributed by atoms with Crippen molar-refractivity contribution < 1.29 is 18.8 Å². The van der Waals surface area contributed by atoms with Crippen LogP contribution in [0.3, 0.4) is 0 Å².